The van der Waals surface area contributed by atoms with Crippen molar-refractivity contribution in [3.05, 3.63) is 54.1 Å². The van der Waals surface area contributed by atoms with Crippen molar-refractivity contribution in [2.24, 2.45) is 0 Å². The van der Waals surface area contributed by atoms with Gasteiger partial charge in [-0.15, -0.1) is 0 Å². The lowest BCUT2D eigenvalue weighted by Crippen LogP contribution is -2.43. The highest BCUT2D eigenvalue weighted by atomic mass is 28.4. The van der Waals surface area contributed by atoms with Gasteiger partial charge in [0.25, 0.3) is 5.91 Å². The van der Waals surface area contributed by atoms with Gasteiger partial charge in [-0.1, -0.05) is 51.2 Å². The Labute approximate surface area is 239 Å². The van der Waals surface area contributed by atoms with Gasteiger partial charge >= 0.3 is 6.09 Å². The molecule has 0 saturated carbocycles. The summed E-state index contributed by atoms with van der Waals surface area (Å²) in [4.78, 5) is 25.3. The van der Waals surface area contributed by atoms with E-state index in [9.17, 15) is 9.59 Å². The van der Waals surface area contributed by atoms with Crippen LogP contribution in [0.2, 0.25) is 18.1 Å². The Morgan fingerprint density at radius 1 is 1.07 bits per heavy atom. The molecular weight excluding hydrogens is 530 g/mol. The van der Waals surface area contributed by atoms with E-state index in [0.29, 0.717) is 11.5 Å². The first kappa shape index (κ1) is 33.3. The monoisotopic (exact) mass is 575 g/mol. The van der Waals surface area contributed by atoms with Crippen molar-refractivity contribution in [1.82, 2.24) is 4.90 Å². The third-order valence-corrected chi connectivity index (χ3v) is 11.2. The first-order valence-corrected chi connectivity index (χ1v) is 16.4. The van der Waals surface area contributed by atoms with E-state index in [1.807, 2.05) is 30.4 Å². The number of hydrogen-bond donors (Lipinski definition) is 0. The Morgan fingerprint density at radius 3 is 2.27 bits per heavy atom. The summed E-state index contributed by atoms with van der Waals surface area (Å²) in [5.74, 6) is 0.906. The summed E-state index contributed by atoms with van der Waals surface area (Å²) in [5, 5.41) is 0.0347. The minimum absolute atomic E-state index is 0.0347. The van der Waals surface area contributed by atoms with E-state index in [2.05, 4.69) is 39.9 Å². The molecule has 0 spiro atoms. The van der Waals surface area contributed by atoms with Crippen LogP contribution in [0.25, 0.3) is 6.08 Å². The number of nitrogens with zero attached hydrogens (tertiary/aromatic N) is 1. The van der Waals surface area contributed by atoms with Crippen molar-refractivity contribution in [2.75, 3.05) is 41.0 Å². The van der Waals surface area contributed by atoms with Crippen LogP contribution in [0.4, 0.5) is 4.79 Å². The second-order valence-corrected chi connectivity index (χ2v) is 15.7. The average molecular weight is 576 g/mol. The molecule has 1 fully saturated rings. The standard InChI is InChI=1S/C30H45NO8Si/c1-30(2,3)40(6,7)39-25(15-16-28(32)31-17-18-36-29(31)33)14-12-10-8-9-11-13-24-19-26(37-22-34-4)21-27(20-24)38-23-35-5/h8-9,11,13,15-16,19-21,25H,10,12,14,17-18,22-23H2,1-7H3/b9-8+,13-11+,16-15+/t25-/m0/s1. The maximum absolute atomic E-state index is 12.5. The summed E-state index contributed by atoms with van der Waals surface area (Å²) in [6.07, 6.45) is 12.9. The molecule has 0 radical (unpaired) electrons. The second kappa shape index (κ2) is 16.4. The maximum atomic E-state index is 12.5. The normalized spacial score (nSPS) is 15.4. The molecule has 0 aromatic heterocycles. The molecule has 10 heteroatoms. The molecule has 1 heterocycles. The number of amides is 2. The number of carbonyl (C=O) groups excluding carboxylic acids is 2. The van der Waals surface area contributed by atoms with Crippen molar-refractivity contribution in [1.29, 1.82) is 0 Å². The summed E-state index contributed by atoms with van der Waals surface area (Å²) >= 11 is 0. The van der Waals surface area contributed by atoms with E-state index >= 15 is 0 Å². The van der Waals surface area contributed by atoms with Crippen molar-refractivity contribution in [3.63, 3.8) is 0 Å². The van der Waals surface area contributed by atoms with Crippen molar-refractivity contribution < 1.29 is 37.7 Å². The topological polar surface area (TPSA) is 92.8 Å². The van der Waals surface area contributed by atoms with Gasteiger partial charge in [0, 0.05) is 26.4 Å². The molecule has 0 unspecified atom stereocenters. The molecule has 0 bridgehead atoms. The number of rotatable bonds is 16. The number of imide groups is 1. The summed E-state index contributed by atoms with van der Waals surface area (Å²) in [7, 11) is 1.08. The van der Waals surface area contributed by atoms with Crippen LogP contribution in [0, 0.1) is 0 Å². The zero-order valence-corrected chi connectivity index (χ0v) is 25.9. The van der Waals surface area contributed by atoms with Gasteiger partial charge in [-0.3, -0.25) is 4.79 Å². The van der Waals surface area contributed by atoms with E-state index < -0.39 is 14.4 Å². The quantitative estimate of drug-likeness (QED) is 0.0744. The Morgan fingerprint density at radius 2 is 1.73 bits per heavy atom. The second-order valence-electron chi connectivity index (χ2n) is 10.9. The number of ether oxygens (including phenoxy) is 5. The fourth-order valence-electron chi connectivity index (χ4n) is 3.51. The largest absolute Gasteiger partial charge is 0.467 e. The highest BCUT2D eigenvalue weighted by molar-refractivity contribution is 6.74. The van der Waals surface area contributed by atoms with Crippen molar-refractivity contribution >= 4 is 26.4 Å². The van der Waals surface area contributed by atoms with Crippen LogP contribution in [-0.2, 0) is 23.4 Å². The smallest absolute Gasteiger partial charge is 0.416 e. The third-order valence-electron chi connectivity index (χ3n) is 6.72. The molecule has 222 valence electrons. The number of cyclic esters (lactones) is 1. The summed E-state index contributed by atoms with van der Waals surface area (Å²) in [6.45, 7) is 11.7. The molecule has 0 aliphatic carbocycles. The van der Waals surface area contributed by atoms with Crippen LogP contribution in [-0.4, -0.2) is 72.3 Å². The Bertz CT molecular complexity index is 1020. The van der Waals surface area contributed by atoms with E-state index in [4.69, 9.17) is 28.1 Å². The molecule has 2 amide bonds. The molecule has 0 N–H and O–H groups in total. The molecular formula is C30H45NO8Si. The zero-order chi connectivity index (χ0) is 29.6. The lowest BCUT2D eigenvalue weighted by atomic mass is 10.1. The Balaban J connectivity index is 1.97. The predicted octanol–water partition coefficient (Wildman–Crippen LogP) is 6.32. The molecule has 40 heavy (non-hydrogen) atoms. The number of hydrogen-bond acceptors (Lipinski definition) is 8. The van der Waals surface area contributed by atoms with Gasteiger partial charge in [0.05, 0.1) is 12.6 Å². The summed E-state index contributed by atoms with van der Waals surface area (Å²) < 4.78 is 32.6. The van der Waals surface area contributed by atoms with Crippen molar-refractivity contribution in [3.8, 4) is 11.5 Å². The van der Waals surface area contributed by atoms with Crippen LogP contribution < -0.4 is 9.47 Å². The van der Waals surface area contributed by atoms with Crippen LogP contribution in [0.1, 0.15) is 45.6 Å². The highest BCUT2D eigenvalue weighted by Crippen LogP contribution is 2.38. The number of allylic oxidation sites excluding steroid dienone is 3. The van der Waals surface area contributed by atoms with Crippen LogP contribution in [0.15, 0.2) is 48.6 Å². The number of carbonyl (C=O) groups is 2. The lowest BCUT2D eigenvalue weighted by Gasteiger charge is -2.38. The SMILES string of the molecule is COCOc1cc(/C=C/C=C/CCC[C@@H](/C=C/C(=O)N2CCOC2=O)O[Si](C)(C)C(C)(C)C)cc(OCOC)c1. The molecule has 1 aliphatic rings. The van der Waals surface area contributed by atoms with E-state index in [1.54, 1.807) is 26.4 Å². The van der Waals surface area contributed by atoms with Gasteiger partial charge in [-0.05, 0) is 55.1 Å². The number of benzene rings is 1. The van der Waals surface area contributed by atoms with Gasteiger partial charge in [0.15, 0.2) is 21.9 Å². The van der Waals surface area contributed by atoms with Gasteiger partial charge in [0.2, 0.25) is 0 Å². The van der Waals surface area contributed by atoms with Crippen molar-refractivity contribution in [2.45, 2.75) is 64.3 Å². The average Bonchev–Trinajstić information content (AvgIpc) is 3.33. The predicted molar refractivity (Wildman–Crippen MR) is 158 cm³/mol. The van der Waals surface area contributed by atoms with E-state index in [0.717, 1.165) is 29.7 Å². The molecule has 1 aromatic carbocycles. The molecule has 1 aromatic rings. The Kier molecular flexibility index (Phi) is 13.6. The number of unbranched alkanes of at least 4 members (excludes halogenated alkanes) is 1. The van der Waals surface area contributed by atoms with Gasteiger partial charge in [-0.2, -0.15) is 0 Å². The fourth-order valence-corrected chi connectivity index (χ4v) is 4.82. The lowest BCUT2D eigenvalue weighted by molar-refractivity contribution is -0.122. The minimum atomic E-state index is -2.06. The molecule has 2 rings (SSSR count). The number of methoxy groups -OCH3 is 2. The molecule has 9 nitrogen and oxygen atoms in total. The fraction of sp³-hybridized carbons (Fsp3) is 0.533. The summed E-state index contributed by atoms with van der Waals surface area (Å²) in [5.41, 5.74) is 0.920. The van der Waals surface area contributed by atoms with E-state index in [1.165, 1.54) is 6.08 Å². The first-order chi connectivity index (χ1) is 19.0. The van der Waals surface area contributed by atoms with Crippen LogP contribution in [0.3, 0.4) is 0 Å². The van der Waals surface area contributed by atoms with Gasteiger partial charge in [-0.25, -0.2) is 9.69 Å². The first-order valence-electron chi connectivity index (χ1n) is 13.5. The van der Waals surface area contributed by atoms with Gasteiger partial charge < -0.3 is 28.1 Å². The minimum Gasteiger partial charge on any atom is -0.467 e. The maximum Gasteiger partial charge on any atom is 0.416 e. The van der Waals surface area contributed by atoms with Crippen LogP contribution in [0.5, 0.6) is 11.5 Å². The van der Waals surface area contributed by atoms with Crippen LogP contribution >= 0.6 is 0 Å². The molecule has 1 aliphatic heterocycles. The van der Waals surface area contributed by atoms with E-state index in [-0.39, 0.29) is 43.8 Å². The molecule has 1 saturated heterocycles. The summed E-state index contributed by atoms with van der Waals surface area (Å²) in [6, 6.07) is 5.59. The third kappa shape index (κ3) is 11.3. The van der Waals surface area contributed by atoms with Gasteiger partial charge in [0.1, 0.15) is 18.1 Å². The highest BCUT2D eigenvalue weighted by Gasteiger charge is 2.38. The Hall–Kier alpha value is -2.92. The molecule has 1 atom stereocenters. The zero-order valence-electron chi connectivity index (χ0n) is 24.9.